The predicted molar refractivity (Wildman–Crippen MR) is 105 cm³/mol. The minimum absolute atomic E-state index is 0.143. The maximum Gasteiger partial charge on any atom is 0.227 e. The van der Waals surface area contributed by atoms with Gasteiger partial charge in [-0.1, -0.05) is 0 Å². The van der Waals surface area contributed by atoms with Gasteiger partial charge in [-0.15, -0.1) is 0 Å². The molecule has 6 heteroatoms. The van der Waals surface area contributed by atoms with Crippen molar-refractivity contribution in [3.63, 3.8) is 0 Å². The van der Waals surface area contributed by atoms with Gasteiger partial charge in [0, 0.05) is 50.3 Å². The van der Waals surface area contributed by atoms with Gasteiger partial charge < -0.3 is 19.1 Å². The van der Waals surface area contributed by atoms with Crippen LogP contribution in [0.1, 0.15) is 37.7 Å². The summed E-state index contributed by atoms with van der Waals surface area (Å²) in [5.41, 5.74) is 1.11. The van der Waals surface area contributed by atoms with Crippen LogP contribution in [-0.2, 0) is 11.3 Å². The normalized spacial score (nSPS) is 27.5. The van der Waals surface area contributed by atoms with Gasteiger partial charge in [-0.3, -0.25) is 9.69 Å². The highest BCUT2D eigenvalue weighted by Crippen LogP contribution is 2.39. The first kappa shape index (κ1) is 18.1. The first-order chi connectivity index (χ1) is 13.7. The van der Waals surface area contributed by atoms with Crippen molar-refractivity contribution < 1.29 is 19.0 Å². The first-order valence-corrected chi connectivity index (χ1v) is 10.7. The second kappa shape index (κ2) is 7.47. The molecular weight excluding hydrogens is 356 g/mol. The summed E-state index contributed by atoms with van der Waals surface area (Å²) in [6, 6.07) is 4.38. The number of ether oxygens (including phenoxy) is 3. The summed E-state index contributed by atoms with van der Waals surface area (Å²) >= 11 is 0. The number of piperidine rings is 1. The Kier molecular flexibility index (Phi) is 4.83. The zero-order valence-corrected chi connectivity index (χ0v) is 16.7. The smallest absolute Gasteiger partial charge is 0.227 e. The summed E-state index contributed by atoms with van der Waals surface area (Å²) < 4.78 is 17.3. The molecule has 1 aromatic rings. The molecule has 4 fully saturated rings. The Balaban J connectivity index is 1.36. The quantitative estimate of drug-likeness (QED) is 0.779. The lowest BCUT2D eigenvalue weighted by atomic mass is 9.94. The number of fused-ring (bicyclic) bond motifs is 5. The standard InChI is InChI=1S/C22H30N2O4/c1-26-19-10-21-20(27-7-2-8-28-21)9-17(19)13-23-12-16-5-6-18(14-23)24(22(16)25)11-15-3-4-15/h9-10,15-16,18H,2-8,11-14H2,1H3/t16-,18+/m0/s1. The van der Waals surface area contributed by atoms with Crippen molar-refractivity contribution in [1.29, 1.82) is 0 Å². The van der Waals surface area contributed by atoms with Gasteiger partial charge in [0.15, 0.2) is 11.5 Å². The molecule has 4 aliphatic heterocycles. The average Bonchev–Trinajstić information content (AvgIpc) is 3.53. The van der Waals surface area contributed by atoms with Gasteiger partial charge in [-0.2, -0.15) is 0 Å². The van der Waals surface area contributed by atoms with Crippen molar-refractivity contribution in [3.8, 4) is 17.2 Å². The molecule has 5 aliphatic rings. The average molecular weight is 386 g/mol. The highest BCUT2D eigenvalue weighted by atomic mass is 16.5. The summed E-state index contributed by atoms with van der Waals surface area (Å²) in [5.74, 6) is 3.68. The molecule has 1 aliphatic carbocycles. The molecule has 6 rings (SSSR count). The van der Waals surface area contributed by atoms with Crippen LogP contribution in [0.15, 0.2) is 12.1 Å². The molecule has 6 nitrogen and oxygen atoms in total. The Labute approximate surface area is 166 Å². The molecule has 152 valence electrons. The fourth-order valence-corrected chi connectivity index (χ4v) is 4.86. The summed E-state index contributed by atoms with van der Waals surface area (Å²) in [5, 5.41) is 0. The molecule has 4 heterocycles. The molecule has 2 bridgehead atoms. The van der Waals surface area contributed by atoms with E-state index < -0.39 is 0 Å². The van der Waals surface area contributed by atoms with Crippen molar-refractivity contribution in [2.45, 2.75) is 44.7 Å². The van der Waals surface area contributed by atoms with Crippen LogP contribution in [0.2, 0.25) is 0 Å². The summed E-state index contributed by atoms with van der Waals surface area (Å²) in [4.78, 5) is 17.6. The maximum absolute atomic E-state index is 13.0. The predicted octanol–water partition coefficient (Wildman–Crippen LogP) is 2.69. The summed E-state index contributed by atoms with van der Waals surface area (Å²) in [7, 11) is 1.70. The number of benzene rings is 1. The van der Waals surface area contributed by atoms with Crippen LogP contribution in [0.3, 0.4) is 0 Å². The molecule has 0 aromatic heterocycles. The third-order valence-corrected chi connectivity index (χ3v) is 6.57. The highest BCUT2D eigenvalue weighted by Gasteiger charge is 2.42. The highest BCUT2D eigenvalue weighted by molar-refractivity contribution is 5.80. The number of carbonyl (C=O) groups is 1. The molecular formula is C22H30N2O4. The van der Waals surface area contributed by atoms with E-state index in [1.165, 1.54) is 12.8 Å². The number of amides is 1. The van der Waals surface area contributed by atoms with Crippen molar-refractivity contribution >= 4 is 5.91 Å². The topological polar surface area (TPSA) is 51.2 Å². The minimum atomic E-state index is 0.143. The van der Waals surface area contributed by atoms with E-state index >= 15 is 0 Å². The van der Waals surface area contributed by atoms with Gasteiger partial charge in [0.25, 0.3) is 0 Å². The van der Waals surface area contributed by atoms with Crippen molar-refractivity contribution in [2.24, 2.45) is 11.8 Å². The molecule has 2 atom stereocenters. The summed E-state index contributed by atoms with van der Waals surface area (Å²) in [6.07, 6.45) is 5.64. The number of nitrogens with zero attached hydrogens (tertiary/aromatic N) is 2. The van der Waals surface area contributed by atoms with Gasteiger partial charge in [0.2, 0.25) is 5.91 Å². The number of rotatable bonds is 5. The van der Waals surface area contributed by atoms with Crippen LogP contribution < -0.4 is 14.2 Å². The Morgan fingerprint density at radius 3 is 2.61 bits per heavy atom. The van der Waals surface area contributed by atoms with Crippen LogP contribution in [-0.4, -0.2) is 61.7 Å². The zero-order chi connectivity index (χ0) is 19.1. The fraction of sp³-hybridized carbons (Fsp3) is 0.682. The van der Waals surface area contributed by atoms with Crippen LogP contribution >= 0.6 is 0 Å². The number of hydrogen-bond acceptors (Lipinski definition) is 5. The monoisotopic (exact) mass is 386 g/mol. The minimum Gasteiger partial charge on any atom is -0.496 e. The van der Waals surface area contributed by atoms with Gasteiger partial charge in [0.1, 0.15) is 5.75 Å². The van der Waals surface area contributed by atoms with Crippen LogP contribution in [0.5, 0.6) is 17.2 Å². The molecule has 0 N–H and O–H groups in total. The molecule has 0 spiro atoms. The van der Waals surface area contributed by atoms with E-state index in [1.807, 2.05) is 6.07 Å². The third-order valence-electron chi connectivity index (χ3n) is 6.57. The Morgan fingerprint density at radius 1 is 1.07 bits per heavy atom. The lowest BCUT2D eigenvalue weighted by Crippen LogP contribution is -2.48. The van der Waals surface area contributed by atoms with E-state index in [2.05, 4.69) is 15.9 Å². The molecule has 1 aromatic carbocycles. The van der Waals surface area contributed by atoms with E-state index in [-0.39, 0.29) is 5.92 Å². The van der Waals surface area contributed by atoms with Crippen molar-refractivity contribution in [3.05, 3.63) is 17.7 Å². The molecule has 3 saturated heterocycles. The van der Waals surface area contributed by atoms with E-state index in [0.717, 1.165) is 74.2 Å². The van der Waals surface area contributed by atoms with Crippen LogP contribution in [0.25, 0.3) is 0 Å². The van der Waals surface area contributed by atoms with Crippen LogP contribution in [0.4, 0.5) is 0 Å². The van der Waals surface area contributed by atoms with E-state index in [0.29, 0.717) is 25.2 Å². The zero-order valence-electron chi connectivity index (χ0n) is 16.7. The SMILES string of the molecule is COc1cc2c(cc1CN1C[C@@H]3CC[C@H](C1)N(CC1CC1)C3=O)OCCCO2. The Hall–Kier alpha value is -1.95. The lowest BCUT2D eigenvalue weighted by Gasteiger charge is -2.36. The third kappa shape index (κ3) is 3.54. The maximum atomic E-state index is 13.0. The molecule has 0 radical (unpaired) electrons. The number of carbonyl (C=O) groups excluding carboxylic acids is 1. The van der Waals surface area contributed by atoms with Gasteiger partial charge in [-0.25, -0.2) is 0 Å². The number of hydrogen-bond donors (Lipinski definition) is 0. The van der Waals surface area contributed by atoms with E-state index in [9.17, 15) is 4.79 Å². The second-order valence-electron chi connectivity index (χ2n) is 8.72. The Bertz CT molecular complexity index is 748. The van der Waals surface area contributed by atoms with Gasteiger partial charge in [-0.05, 0) is 37.7 Å². The van der Waals surface area contributed by atoms with Gasteiger partial charge in [0.05, 0.1) is 26.2 Å². The first-order valence-electron chi connectivity index (χ1n) is 10.7. The van der Waals surface area contributed by atoms with E-state index in [4.69, 9.17) is 14.2 Å². The van der Waals surface area contributed by atoms with Crippen LogP contribution in [0, 0.1) is 11.8 Å². The van der Waals surface area contributed by atoms with E-state index in [1.54, 1.807) is 7.11 Å². The molecule has 28 heavy (non-hydrogen) atoms. The molecule has 0 unspecified atom stereocenters. The van der Waals surface area contributed by atoms with Crippen molar-refractivity contribution in [2.75, 3.05) is 40.0 Å². The van der Waals surface area contributed by atoms with Gasteiger partial charge >= 0.3 is 0 Å². The molecule has 1 saturated carbocycles. The molecule has 1 amide bonds. The second-order valence-corrected chi connectivity index (χ2v) is 8.72. The fourth-order valence-electron chi connectivity index (χ4n) is 4.86. The summed E-state index contributed by atoms with van der Waals surface area (Å²) in [6.45, 7) is 4.89. The number of methoxy groups -OCH3 is 1. The van der Waals surface area contributed by atoms with Crippen molar-refractivity contribution in [1.82, 2.24) is 9.80 Å². The largest absolute Gasteiger partial charge is 0.496 e. The lowest BCUT2D eigenvalue weighted by molar-refractivity contribution is -0.140. The Morgan fingerprint density at radius 2 is 1.86 bits per heavy atom.